The maximum atomic E-state index is 14.2. The highest BCUT2D eigenvalue weighted by molar-refractivity contribution is 5.69. The molecular formula is C16H24FNO4. The summed E-state index contributed by atoms with van der Waals surface area (Å²) in [6.07, 6.45) is -1.55. The molecule has 1 aromatic rings. The second kappa shape index (κ2) is 7.07. The summed E-state index contributed by atoms with van der Waals surface area (Å²) in [6.45, 7) is 6.38. The summed E-state index contributed by atoms with van der Waals surface area (Å²) in [7, 11) is 1.39. The van der Waals surface area contributed by atoms with E-state index in [1.807, 2.05) is 0 Å². The van der Waals surface area contributed by atoms with Gasteiger partial charge >= 0.3 is 6.09 Å². The molecule has 0 aliphatic rings. The number of hydrogen-bond donors (Lipinski definition) is 2. The third-order valence-corrected chi connectivity index (χ3v) is 3.29. The van der Waals surface area contributed by atoms with Gasteiger partial charge in [-0.2, -0.15) is 0 Å². The molecule has 2 N–H and O–H groups in total. The van der Waals surface area contributed by atoms with Crippen LogP contribution in [-0.4, -0.2) is 36.6 Å². The van der Waals surface area contributed by atoms with Crippen molar-refractivity contribution in [1.29, 1.82) is 0 Å². The summed E-state index contributed by atoms with van der Waals surface area (Å²) in [5.74, 6) is -0.503. The molecule has 0 bridgehead atoms. The Morgan fingerprint density at radius 3 is 2.36 bits per heavy atom. The van der Waals surface area contributed by atoms with Crippen molar-refractivity contribution in [2.24, 2.45) is 0 Å². The molecule has 0 saturated carbocycles. The van der Waals surface area contributed by atoms with Gasteiger partial charge in [0.2, 0.25) is 0 Å². The van der Waals surface area contributed by atoms with Gasteiger partial charge in [-0.25, -0.2) is 9.18 Å². The molecule has 5 nitrogen and oxygen atoms in total. The number of methoxy groups -OCH3 is 1. The number of rotatable bonds is 5. The minimum absolute atomic E-state index is 0.210. The van der Waals surface area contributed by atoms with E-state index in [-0.39, 0.29) is 5.56 Å². The first-order valence-electron chi connectivity index (χ1n) is 7.04. The van der Waals surface area contributed by atoms with Crippen molar-refractivity contribution in [3.8, 4) is 0 Å². The Morgan fingerprint density at radius 2 is 1.91 bits per heavy atom. The average Bonchev–Trinajstić information content (AvgIpc) is 2.37. The zero-order valence-electron chi connectivity index (χ0n) is 13.6. The number of alkyl carbamates (subject to hydrolysis) is 1. The van der Waals surface area contributed by atoms with Crippen molar-refractivity contribution < 1.29 is 23.8 Å². The average molecular weight is 313 g/mol. The van der Waals surface area contributed by atoms with E-state index in [0.717, 1.165) is 0 Å². The van der Waals surface area contributed by atoms with Gasteiger partial charge in [-0.1, -0.05) is 18.2 Å². The van der Waals surface area contributed by atoms with E-state index in [9.17, 15) is 14.3 Å². The summed E-state index contributed by atoms with van der Waals surface area (Å²) in [5.41, 5.74) is -1.76. The maximum Gasteiger partial charge on any atom is 0.408 e. The van der Waals surface area contributed by atoms with E-state index in [4.69, 9.17) is 9.47 Å². The van der Waals surface area contributed by atoms with E-state index < -0.39 is 35.8 Å². The predicted molar refractivity (Wildman–Crippen MR) is 81.0 cm³/mol. The molecule has 0 heterocycles. The highest BCUT2D eigenvalue weighted by atomic mass is 19.1. The van der Waals surface area contributed by atoms with Crippen LogP contribution in [0.1, 0.15) is 33.3 Å². The molecule has 1 amide bonds. The number of aliphatic hydroxyl groups is 1. The summed E-state index contributed by atoms with van der Waals surface area (Å²) >= 11 is 0. The Morgan fingerprint density at radius 1 is 1.32 bits per heavy atom. The van der Waals surface area contributed by atoms with Crippen LogP contribution in [0.3, 0.4) is 0 Å². The third kappa shape index (κ3) is 4.42. The van der Waals surface area contributed by atoms with Crippen LogP contribution in [0.4, 0.5) is 9.18 Å². The Kier molecular flexibility index (Phi) is 5.91. The molecule has 0 fully saturated rings. The second-order valence-electron chi connectivity index (χ2n) is 6.22. The number of aliphatic hydroxyl groups excluding tert-OH is 1. The number of halogens is 1. The molecule has 22 heavy (non-hydrogen) atoms. The number of carbonyl (C=O) groups excluding carboxylic acids is 1. The number of amides is 1. The third-order valence-electron chi connectivity index (χ3n) is 3.29. The first-order chi connectivity index (χ1) is 10.1. The lowest BCUT2D eigenvalue weighted by Crippen LogP contribution is -2.55. The topological polar surface area (TPSA) is 67.8 Å². The molecule has 0 aromatic heterocycles. The molecule has 1 aromatic carbocycles. The van der Waals surface area contributed by atoms with Gasteiger partial charge in [0.25, 0.3) is 0 Å². The molecule has 0 radical (unpaired) electrons. The van der Waals surface area contributed by atoms with Crippen LogP contribution in [0.2, 0.25) is 0 Å². The molecular weight excluding hydrogens is 289 g/mol. The Bertz CT molecular complexity index is 511. The first kappa shape index (κ1) is 18.4. The lowest BCUT2D eigenvalue weighted by Gasteiger charge is -2.37. The molecule has 0 spiro atoms. The van der Waals surface area contributed by atoms with E-state index in [1.54, 1.807) is 39.8 Å². The van der Waals surface area contributed by atoms with Crippen LogP contribution >= 0.6 is 0 Å². The van der Waals surface area contributed by atoms with Gasteiger partial charge in [0.15, 0.2) is 0 Å². The van der Waals surface area contributed by atoms with Crippen molar-refractivity contribution in [2.45, 2.75) is 44.9 Å². The Balaban J connectivity index is 3.19. The first-order valence-corrected chi connectivity index (χ1v) is 7.04. The van der Waals surface area contributed by atoms with Crippen molar-refractivity contribution in [3.63, 3.8) is 0 Å². The van der Waals surface area contributed by atoms with Crippen LogP contribution in [0.5, 0.6) is 0 Å². The molecule has 0 aliphatic heterocycles. The maximum absolute atomic E-state index is 14.2. The van der Waals surface area contributed by atoms with Crippen molar-refractivity contribution >= 4 is 6.09 Å². The Labute approximate surface area is 130 Å². The highest BCUT2D eigenvalue weighted by Crippen LogP contribution is 2.29. The Hall–Kier alpha value is -1.66. The SMILES string of the molecule is COC(CO)[C@](C)(NC(=O)OC(C)(C)C)c1ccccc1F. The monoisotopic (exact) mass is 313 g/mol. The lowest BCUT2D eigenvalue weighted by molar-refractivity contribution is -0.0238. The molecule has 6 heteroatoms. The quantitative estimate of drug-likeness (QED) is 0.877. The van der Waals surface area contributed by atoms with Crippen molar-refractivity contribution in [1.82, 2.24) is 5.32 Å². The van der Waals surface area contributed by atoms with Gasteiger partial charge in [-0.05, 0) is 33.8 Å². The van der Waals surface area contributed by atoms with Crippen LogP contribution in [0, 0.1) is 5.82 Å². The van der Waals surface area contributed by atoms with Gasteiger partial charge in [-0.15, -0.1) is 0 Å². The fourth-order valence-electron chi connectivity index (χ4n) is 2.21. The summed E-state index contributed by atoms with van der Waals surface area (Å²) in [6, 6.07) is 6.02. The van der Waals surface area contributed by atoms with Crippen LogP contribution in [-0.2, 0) is 15.0 Å². The minimum Gasteiger partial charge on any atom is -0.444 e. The van der Waals surface area contributed by atoms with Crippen molar-refractivity contribution in [3.05, 3.63) is 35.6 Å². The van der Waals surface area contributed by atoms with E-state index >= 15 is 0 Å². The largest absolute Gasteiger partial charge is 0.444 e. The van der Waals surface area contributed by atoms with Crippen LogP contribution in [0.15, 0.2) is 24.3 Å². The molecule has 1 rings (SSSR count). The lowest BCUT2D eigenvalue weighted by atomic mass is 9.86. The summed E-state index contributed by atoms with van der Waals surface area (Å²) in [5, 5.41) is 12.1. The van der Waals surface area contributed by atoms with Gasteiger partial charge in [-0.3, -0.25) is 0 Å². The normalized spacial score (nSPS) is 15.8. The summed E-state index contributed by atoms with van der Waals surface area (Å²) in [4.78, 5) is 12.1. The molecule has 0 saturated heterocycles. The zero-order valence-corrected chi connectivity index (χ0v) is 13.6. The standard InChI is InChI=1S/C16H24FNO4/c1-15(2,3)22-14(20)18-16(4,13(10-19)21-5)11-8-6-7-9-12(11)17/h6-9,13,19H,10H2,1-5H3,(H,18,20)/t13?,16-/m1/s1. The van der Waals surface area contributed by atoms with Crippen LogP contribution in [0.25, 0.3) is 0 Å². The number of nitrogens with one attached hydrogen (secondary N) is 1. The van der Waals surface area contributed by atoms with E-state index in [1.165, 1.54) is 19.2 Å². The number of carbonyl (C=O) groups is 1. The molecule has 0 aliphatic carbocycles. The van der Waals surface area contributed by atoms with E-state index in [2.05, 4.69) is 5.32 Å². The van der Waals surface area contributed by atoms with Gasteiger partial charge in [0, 0.05) is 12.7 Å². The second-order valence-corrected chi connectivity index (χ2v) is 6.22. The van der Waals surface area contributed by atoms with Gasteiger partial charge < -0.3 is 19.9 Å². The number of benzene rings is 1. The van der Waals surface area contributed by atoms with Crippen LogP contribution < -0.4 is 5.32 Å². The molecule has 124 valence electrons. The van der Waals surface area contributed by atoms with Gasteiger partial charge in [0.05, 0.1) is 12.1 Å². The van der Waals surface area contributed by atoms with E-state index in [0.29, 0.717) is 0 Å². The highest BCUT2D eigenvalue weighted by Gasteiger charge is 2.40. The fourth-order valence-corrected chi connectivity index (χ4v) is 2.21. The number of ether oxygens (including phenoxy) is 2. The fraction of sp³-hybridized carbons (Fsp3) is 0.562. The zero-order chi connectivity index (χ0) is 17.0. The molecule has 1 unspecified atom stereocenters. The smallest absolute Gasteiger partial charge is 0.408 e. The van der Waals surface area contributed by atoms with Gasteiger partial charge in [0.1, 0.15) is 17.5 Å². The molecule has 2 atom stereocenters. The van der Waals surface area contributed by atoms with Crippen molar-refractivity contribution in [2.75, 3.05) is 13.7 Å². The predicted octanol–water partition coefficient (Wildman–Crippen LogP) is 2.57. The summed E-state index contributed by atoms with van der Waals surface area (Å²) < 4.78 is 24.6. The number of hydrogen-bond acceptors (Lipinski definition) is 4. The minimum atomic E-state index is -1.28.